The van der Waals surface area contributed by atoms with Crippen molar-refractivity contribution in [3.63, 3.8) is 0 Å². The number of anilines is 1. The number of hydrogen-bond acceptors (Lipinski definition) is 8. The molecule has 1 N–H and O–H groups in total. The van der Waals surface area contributed by atoms with E-state index in [-0.39, 0.29) is 30.1 Å². The number of aromatic hydroxyl groups is 1. The molecule has 8 rings (SSSR count). The van der Waals surface area contributed by atoms with Crippen LogP contribution in [0.3, 0.4) is 0 Å². The van der Waals surface area contributed by atoms with Crippen LogP contribution in [0, 0.1) is 17.8 Å². The quantitative estimate of drug-likeness (QED) is 0.173. The van der Waals surface area contributed by atoms with E-state index in [1.54, 1.807) is 36.4 Å². The summed E-state index contributed by atoms with van der Waals surface area (Å²) in [5, 5.41) is 11.1. The number of carbonyl (C=O) groups is 4. The predicted molar refractivity (Wildman–Crippen MR) is 172 cm³/mol. The number of alkyl halides is 2. The Morgan fingerprint density at radius 1 is 0.957 bits per heavy atom. The average Bonchev–Trinajstić information content (AvgIpc) is 3.66. The van der Waals surface area contributed by atoms with Crippen molar-refractivity contribution >= 4 is 63.6 Å². The number of fused-ring (bicyclic) bond motifs is 5. The van der Waals surface area contributed by atoms with Crippen molar-refractivity contribution in [3.8, 4) is 23.0 Å². The number of phenolic OH excluding ortho intramolecular Hbond substituents is 1. The number of oxazole rings is 1. The molecular weight excluding hydrogens is 645 g/mol. The van der Waals surface area contributed by atoms with Crippen molar-refractivity contribution in [2.75, 3.05) is 19.1 Å². The van der Waals surface area contributed by atoms with Crippen LogP contribution in [-0.4, -0.2) is 62.5 Å². The number of phenols is 1. The van der Waals surface area contributed by atoms with Gasteiger partial charge < -0.3 is 14.3 Å². The van der Waals surface area contributed by atoms with Gasteiger partial charge in [-0.2, -0.15) is 0 Å². The lowest BCUT2D eigenvalue weighted by Gasteiger charge is -2.50. The zero-order valence-corrected chi connectivity index (χ0v) is 26.7. The summed E-state index contributed by atoms with van der Waals surface area (Å²) in [4.78, 5) is 58.3. The molecule has 47 heavy (non-hydrogen) atoms. The van der Waals surface area contributed by atoms with Gasteiger partial charge in [-0.3, -0.25) is 29.0 Å². The molecular formula is C35H27Cl2N3O7. The molecule has 0 radical (unpaired) electrons. The number of allylic oxidation sites excluding steroid dienone is 2. The molecule has 3 fully saturated rings. The van der Waals surface area contributed by atoms with Gasteiger partial charge in [0.15, 0.2) is 15.3 Å². The predicted octanol–water partition coefficient (Wildman–Crippen LogP) is 5.40. The molecule has 0 spiro atoms. The number of aromatic nitrogens is 1. The third-order valence-electron chi connectivity index (χ3n) is 10.2. The molecule has 10 nitrogen and oxygen atoms in total. The van der Waals surface area contributed by atoms with Crippen molar-refractivity contribution in [1.82, 2.24) is 9.88 Å². The number of rotatable bonds is 4. The SMILES string of the molecule is COc1ccc(O)c([C@H]2C3=CC[C@@H]4C(=O)N(c5ccc(-c6nc7ccccc7o6)cc5)C(=O)[C@@H]4[C@@H]3C[C@@]3(Cl)C(=O)N(C)C(=O)[C@@]23Cl)c1. The first-order valence-corrected chi connectivity index (χ1v) is 15.9. The number of methoxy groups -OCH3 is 1. The van der Waals surface area contributed by atoms with E-state index in [0.717, 1.165) is 4.90 Å². The monoisotopic (exact) mass is 671 g/mol. The van der Waals surface area contributed by atoms with E-state index < -0.39 is 51.1 Å². The Labute approximate surface area is 278 Å². The lowest BCUT2D eigenvalue weighted by atomic mass is 9.56. The molecule has 1 aromatic heterocycles. The van der Waals surface area contributed by atoms with E-state index in [4.69, 9.17) is 32.4 Å². The second-order valence-corrected chi connectivity index (χ2v) is 13.7. The molecule has 3 heterocycles. The first-order chi connectivity index (χ1) is 22.5. The number of para-hydroxylation sites is 2. The Kier molecular flexibility index (Phi) is 6.43. The fourth-order valence-corrected chi connectivity index (χ4v) is 8.99. The standard InChI is InChI=1S/C35H27Cl2N3O7/c1-39-32(44)34(36)16-23-20(28(35(34,37)33(39)45)22-15-19(46-2)11-14-25(22)41)12-13-21-27(23)31(43)40(30(21)42)18-9-7-17(8-10-18)29-38-24-5-3-4-6-26(24)47-29/h3-12,14-15,21,23,27-28,41H,13,16H2,1-2H3/t21-,23+,27-,28+,34+,35-/m0/s1. The van der Waals surface area contributed by atoms with E-state index in [1.807, 2.05) is 30.3 Å². The minimum atomic E-state index is -2.01. The van der Waals surface area contributed by atoms with Crippen LogP contribution in [0.25, 0.3) is 22.6 Å². The number of amides is 4. The number of benzene rings is 3. The van der Waals surface area contributed by atoms with Crippen LogP contribution >= 0.6 is 23.2 Å². The number of halogens is 2. The van der Waals surface area contributed by atoms with Crippen molar-refractivity contribution in [3.05, 3.63) is 83.9 Å². The largest absolute Gasteiger partial charge is 0.508 e. The zero-order valence-electron chi connectivity index (χ0n) is 25.1. The topological polar surface area (TPSA) is 130 Å². The lowest BCUT2D eigenvalue weighted by molar-refractivity contribution is -0.138. The summed E-state index contributed by atoms with van der Waals surface area (Å²) < 4.78 is 11.3. The smallest absolute Gasteiger partial charge is 0.253 e. The van der Waals surface area contributed by atoms with Crippen molar-refractivity contribution in [2.24, 2.45) is 17.8 Å². The maximum Gasteiger partial charge on any atom is 0.253 e. The molecule has 2 aliphatic heterocycles. The highest BCUT2D eigenvalue weighted by Crippen LogP contribution is 2.66. The number of hydrogen-bond donors (Lipinski definition) is 1. The summed E-state index contributed by atoms with van der Waals surface area (Å²) in [7, 11) is 2.78. The van der Waals surface area contributed by atoms with Crippen LogP contribution in [0.15, 0.2) is 82.8 Å². The highest BCUT2D eigenvalue weighted by molar-refractivity contribution is 6.53. The van der Waals surface area contributed by atoms with Crippen LogP contribution in [-0.2, 0) is 19.2 Å². The Bertz CT molecular complexity index is 2040. The summed E-state index contributed by atoms with van der Waals surface area (Å²) >= 11 is 14.4. The molecule has 1 saturated carbocycles. The first kappa shape index (κ1) is 29.7. The van der Waals surface area contributed by atoms with Gasteiger partial charge in [-0.25, -0.2) is 4.98 Å². The number of likely N-dealkylation sites (tertiary alicyclic amines) is 1. The normalized spacial score (nSPS) is 30.0. The van der Waals surface area contributed by atoms with Crippen LogP contribution in [0.1, 0.15) is 24.3 Å². The van der Waals surface area contributed by atoms with Crippen molar-refractivity contribution in [2.45, 2.75) is 28.5 Å². The molecule has 2 aliphatic carbocycles. The van der Waals surface area contributed by atoms with Gasteiger partial charge in [-0.15, -0.1) is 23.2 Å². The minimum Gasteiger partial charge on any atom is -0.508 e. The molecule has 12 heteroatoms. The maximum atomic E-state index is 14.3. The second kappa shape index (κ2) is 10.2. The lowest BCUT2D eigenvalue weighted by Crippen LogP contribution is -2.60. The Balaban J connectivity index is 1.19. The third-order valence-corrected chi connectivity index (χ3v) is 11.6. The fourth-order valence-electron chi connectivity index (χ4n) is 7.98. The molecule has 3 aromatic carbocycles. The van der Waals surface area contributed by atoms with E-state index in [9.17, 15) is 24.3 Å². The summed E-state index contributed by atoms with van der Waals surface area (Å²) in [5.74, 6) is -5.01. The van der Waals surface area contributed by atoms with Crippen molar-refractivity contribution in [1.29, 1.82) is 0 Å². The number of nitrogens with zero attached hydrogens (tertiary/aromatic N) is 3. The Morgan fingerprint density at radius 3 is 2.43 bits per heavy atom. The van der Waals surface area contributed by atoms with Gasteiger partial charge in [0.2, 0.25) is 17.7 Å². The van der Waals surface area contributed by atoms with Gasteiger partial charge in [-0.1, -0.05) is 23.8 Å². The van der Waals surface area contributed by atoms with E-state index in [2.05, 4.69) is 4.98 Å². The highest BCUT2D eigenvalue weighted by Gasteiger charge is 2.76. The Morgan fingerprint density at radius 2 is 1.70 bits per heavy atom. The second-order valence-electron chi connectivity index (χ2n) is 12.5. The highest BCUT2D eigenvalue weighted by atomic mass is 35.5. The minimum absolute atomic E-state index is 0.148. The van der Waals surface area contributed by atoms with Gasteiger partial charge in [0.25, 0.3) is 11.8 Å². The molecule has 4 aromatic rings. The molecule has 0 bridgehead atoms. The summed E-state index contributed by atoms with van der Waals surface area (Å²) in [6.45, 7) is 0. The molecule has 4 aliphatic rings. The summed E-state index contributed by atoms with van der Waals surface area (Å²) in [5.41, 5.74) is 3.22. The van der Waals surface area contributed by atoms with E-state index >= 15 is 0 Å². The van der Waals surface area contributed by atoms with Gasteiger partial charge in [-0.05, 0) is 73.4 Å². The summed E-state index contributed by atoms with van der Waals surface area (Å²) in [6, 6.07) is 18.7. The zero-order chi connectivity index (χ0) is 33.0. The fraction of sp³-hybridized carbons (Fsp3) is 0.286. The molecule has 0 unspecified atom stereocenters. The molecule has 2 saturated heterocycles. The van der Waals surface area contributed by atoms with Gasteiger partial charge in [0, 0.05) is 24.1 Å². The van der Waals surface area contributed by atoms with Crippen molar-refractivity contribution < 1.29 is 33.4 Å². The number of imide groups is 2. The first-order valence-electron chi connectivity index (χ1n) is 15.1. The van der Waals surface area contributed by atoms with Gasteiger partial charge in [0.1, 0.15) is 17.0 Å². The molecule has 6 atom stereocenters. The average molecular weight is 673 g/mol. The van der Waals surface area contributed by atoms with Gasteiger partial charge >= 0.3 is 0 Å². The number of carbonyl (C=O) groups excluding carboxylic acids is 4. The molecule has 238 valence electrons. The van der Waals surface area contributed by atoms with E-state index in [0.29, 0.717) is 39.6 Å². The summed E-state index contributed by atoms with van der Waals surface area (Å²) in [6.07, 6.45) is 1.86. The van der Waals surface area contributed by atoms with Crippen LogP contribution in [0.4, 0.5) is 5.69 Å². The number of ether oxygens (including phenoxy) is 1. The van der Waals surface area contributed by atoms with E-state index in [1.165, 1.54) is 25.1 Å². The third kappa shape index (κ3) is 3.88. The Hall–Kier alpha value is -4.67. The van der Waals surface area contributed by atoms with Crippen LogP contribution in [0.2, 0.25) is 0 Å². The van der Waals surface area contributed by atoms with Crippen LogP contribution in [0.5, 0.6) is 11.5 Å². The van der Waals surface area contributed by atoms with Gasteiger partial charge in [0.05, 0.1) is 24.6 Å². The molecule has 4 amide bonds. The maximum absolute atomic E-state index is 14.3. The van der Waals surface area contributed by atoms with Crippen LogP contribution < -0.4 is 9.64 Å².